The number of aromatic nitrogens is 1. The fraction of sp³-hybridized carbons (Fsp3) is 0.214. The molecule has 0 aliphatic rings. The Balaban J connectivity index is 2.13. The highest BCUT2D eigenvalue weighted by atomic mass is 32.1. The van der Waals surface area contributed by atoms with Crippen LogP contribution in [0.2, 0.25) is 0 Å². The van der Waals surface area contributed by atoms with Gasteiger partial charge in [0.05, 0.1) is 6.42 Å². The summed E-state index contributed by atoms with van der Waals surface area (Å²) in [6.07, 6.45) is -0.173. The molecule has 1 heterocycles. The predicted molar refractivity (Wildman–Crippen MR) is 79.7 cm³/mol. The first-order valence-corrected chi connectivity index (χ1v) is 7.10. The van der Waals surface area contributed by atoms with Gasteiger partial charge in [0.15, 0.2) is 0 Å². The molecule has 0 radical (unpaired) electrons. The van der Waals surface area contributed by atoms with Crippen molar-refractivity contribution in [3.05, 3.63) is 50.6 Å². The molecular weight excluding hydrogens is 292 g/mol. The fourth-order valence-corrected chi connectivity index (χ4v) is 2.62. The average molecular weight is 306 g/mol. The number of carbonyl (C=O) groups is 2. The Labute approximate surface area is 124 Å². The van der Waals surface area contributed by atoms with Crippen LogP contribution in [-0.4, -0.2) is 21.6 Å². The first-order valence-electron chi connectivity index (χ1n) is 6.22. The molecule has 0 aliphatic carbocycles. The van der Waals surface area contributed by atoms with Crippen LogP contribution >= 0.6 is 11.3 Å². The zero-order valence-electron chi connectivity index (χ0n) is 11.3. The molecule has 1 aromatic carbocycles. The molecule has 6 nitrogen and oxygen atoms in total. The van der Waals surface area contributed by atoms with E-state index >= 15 is 0 Å². The Kier molecular flexibility index (Phi) is 4.54. The van der Waals surface area contributed by atoms with Crippen LogP contribution in [0.1, 0.15) is 11.3 Å². The number of nitrogens with one attached hydrogen (secondary N) is 1. The van der Waals surface area contributed by atoms with Gasteiger partial charge in [-0.25, -0.2) is 0 Å². The zero-order chi connectivity index (χ0) is 15.4. The molecule has 1 amide bonds. The lowest BCUT2D eigenvalue weighted by molar-refractivity contribution is -0.136. The Morgan fingerprint density at radius 1 is 1.33 bits per heavy atom. The number of anilines is 1. The molecule has 2 rings (SSSR count). The molecule has 7 heteroatoms. The van der Waals surface area contributed by atoms with E-state index in [0.717, 1.165) is 17.0 Å². The summed E-state index contributed by atoms with van der Waals surface area (Å²) in [5.74, 6) is -1.34. The van der Waals surface area contributed by atoms with Gasteiger partial charge in [-0.1, -0.05) is 29.5 Å². The maximum Gasteiger partial charge on any atom is 0.307 e. The van der Waals surface area contributed by atoms with Gasteiger partial charge in [-0.15, -0.1) is 0 Å². The Hall–Kier alpha value is -2.41. The molecule has 0 bridgehead atoms. The number of carbonyl (C=O) groups excluding carboxylic acids is 1. The largest absolute Gasteiger partial charge is 0.481 e. The number of aryl methyl sites for hydroxylation is 1. The molecule has 0 saturated carbocycles. The van der Waals surface area contributed by atoms with Crippen molar-refractivity contribution in [3.8, 4) is 0 Å². The van der Waals surface area contributed by atoms with Crippen molar-refractivity contribution in [1.82, 2.24) is 4.57 Å². The molecule has 0 atom stereocenters. The van der Waals surface area contributed by atoms with Gasteiger partial charge in [0.1, 0.15) is 6.54 Å². The summed E-state index contributed by atoms with van der Waals surface area (Å²) in [4.78, 5) is 34.2. The summed E-state index contributed by atoms with van der Waals surface area (Å²) < 4.78 is 1.37. The normalized spacial score (nSPS) is 10.3. The quantitative estimate of drug-likeness (QED) is 0.876. The molecule has 1 aromatic heterocycles. The summed E-state index contributed by atoms with van der Waals surface area (Å²) in [6.45, 7) is 1.67. The van der Waals surface area contributed by atoms with Crippen molar-refractivity contribution in [3.63, 3.8) is 0 Å². The van der Waals surface area contributed by atoms with E-state index in [9.17, 15) is 14.4 Å². The second-order valence-electron chi connectivity index (χ2n) is 4.50. The maximum atomic E-state index is 12.0. The van der Waals surface area contributed by atoms with Crippen LogP contribution in [0.15, 0.2) is 34.4 Å². The summed E-state index contributed by atoms with van der Waals surface area (Å²) in [7, 11) is 0. The lowest BCUT2D eigenvalue weighted by atomic mass is 10.1. The van der Waals surface area contributed by atoms with Crippen LogP contribution in [0, 0.1) is 6.92 Å². The number of carboxylic acid groups (broad SMARTS) is 1. The van der Waals surface area contributed by atoms with E-state index in [1.54, 1.807) is 36.6 Å². The van der Waals surface area contributed by atoms with Crippen LogP contribution < -0.4 is 10.2 Å². The lowest BCUT2D eigenvalue weighted by Gasteiger charge is -2.10. The SMILES string of the molecule is Cc1csc(=O)n1CC(=O)Nc1ccccc1CC(=O)O. The number of rotatable bonds is 5. The summed E-state index contributed by atoms with van der Waals surface area (Å²) in [5, 5.41) is 13.2. The predicted octanol–water partition coefficient (Wildman–Crippen LogP) is 1.48. The molecule has 0 saturated heterocycles. The monoisotopic (exact) mass is 306 g/mol. The standard InChI is InChI=1S/C14H14N2O4S/c1-9-8-21-14(20)16(9)7-12(17)15-11-5-3-2-4-10(11)6-13(18)19/h2-5,8H,6-7H2,1H3,(H,15,17)(H,18,19). The first-order chi connectivity index (χ1) is 9.97. The molecule has 2 N–H and O–H groups in total. The molecule has 0 unspecified atom stereocenters. The Morgan fingerprint density at radius 3 is 2.67 bits per heavy atom. The van der Waals surface area contributed by atoms with E-state index in [1.807, 2.05) is 0 Å². The van der Waals surface area contributed by atoms with E-state index in [2.05, 4.69) is 5.32 Å². The fourth-order valence-electron chi connectivity index (χ4n) is 1.89. The minimum Gasteiger partial charge on any atom is -0.481 e. The molecule has 110 valence electrons. The number of thiazole rings is 1. The number of nitrogens with zero attached hydrogens (tertiary/aromatic N) is 1. The minimum absolute atomic E-state index is 0.0877. The van der Waals surface area contributed by atoms with Crippen LogP contribution in [0.4, 0.5) is 5.69 Å². The highest BCUT2D eigenvalue weighted by Crippen LogP contribution is 2.15. The third-order valence-corrected chi connectivity index (χ3v) is 3.79. The van der Waals surface area contributed by atoms with E-state index in [1.165, 1.54) is 4.57 Å². The summed E-state index contributed by atoms with van der Waals surface area (Å²) in [6, 6.07) is 6.70. The summed E-state index contributed by atoms with van der Waals surface area (Å²) in [5.41, 5.74) is 1.69. The third kappa shape index (κ3) is 3.79. The molecule has 21 heavy (non-hydrogen) atoms. The first kappa shape index (κ1) is 15.0. The lowest BCUT2D eigenvalue weighted by Crippen LogP contribution is -2.25. The van der Waals surface area contributed by atoms with Gasteiger partial charge in [0.25, 0.3) is 0 Å². The molecule has 0 aliphatic heterocycles. The minimum atomic E-state index is -0.971. The van der Waals surface area contributed by atoms with Gasteiger partial charge in [0, 0.05) is 16.8 Å². The van der Waals surface area contributed by atoms with Gasteiger partial charge in [-0.2, -0.15) is 0 Å². The Morgan fingerprint density at radius 2 is 2.05 bits per heavy atom. The second kappa shape index (κ2) is 6.36. The van der Waals surface area contributed by atoms with Gasteiger partial charge in [0.2, 0.25) is 5.91 Å². The smallest absolute Gasteiger partial charge is 0.307 e. The van der Waals surface area contributed by atoms with Crippen LogP contribution in [0.25, 0.3) is 0 Å². The van der Waals surface area contributed by atoms with Gasteiger partial charge >= 0.3 is 10.8 Å². The molecule has 0 fully saturated rings. The van der Waals surface area contributed by atoms with Crippen molar-refractivity contribution in [2.45, 2.75) is 19.9 Å². The van der Waals surface area contributed by atoms with Crippen molar-refractivity contribution in [2.24, 2.45) is 0 Å². The Bertz CT molecular complexity index is 733. The maximum absolute atomic E-state index is 12.0. The van der Waals surface area contributed by atoms with Gasteiger partial charge < -0.3 is 10.4 Å². The molecule has 0 spiro atoms. The van der Waals surface area contributed by atoms with Crippen molar-refractivity contribution < 1.29 is 14.7 Å². The van der Waals surface area contributed by atoms with Crippen LogP contribution in [0.3, 0.4) is 0 Å². The number of carboxylic acids is 1. The number of aliphatic carboxylic acids is 1. The van der Waals surface area contributed by atoms with E-state index in [4.69, 9.17) is 5.11 Å². The average Bonchev–Trinajstić information content (AvgIpc) is 2.72. The number of hydrogen-bond donors (Lipinski definition) is 2. The topological polar surface area (TPSA) is 88.4 Å². The number of para-hydroxylation sites is 1. The zero-order valence-corrected chi connectivity index (χ0v) is 12.1. The number of amides is 1. The molecular formula is C14H14N2O4S. The van der Waals surface area contributed by atoms with Crippen LogP contribution in [0.5, 0.6) is 0 Å². The van der Waals surface area contributed by atoms with Gasteiger partial charge in [-0.3, -0.25) is 19.0 Å². The molecule has 2 aromatic rings. The van der Waals surface area contributed by atoms with E-state index in [0.29, 0.717) is 11.3 Å². The second-order valence-corrected chi connectivity index (χ2v) is 5.33. The van der Waals surface area contributed by atoms with E-state index < -0.39 is 5.97 Å². The third-order valence-electron chi connectivity index (χ3n) is 2.91. The highest BCUT2D eigenvalue weighted by Gasteiger charge is 2.11. The number of benzene rings is 1. The van der Waals surface area contributed by atoms with Crippen molar-refractivity contribution in [1.29, 1.82) is 0 Å². The number of hydrogen-bond acceptors (Lipinski definition) is 4. The summed E-state index contributed by atoms with van der Waals surface area (Å²) >= 11 is 1.04. The van der Waals surface area contributed by atoms with E-state index in [-0.39, 0.29) is 23.7 Å². The highest BCUT2D eigenvalue weighted by molar-refractivity contribution is 7.07. The van der Waals surface area contributed by atoms with Crippen molar-refractivity contribution >= 4 is 28.9 Å². The van der Waals surface area contributed by atoms with Crippen molar-refractivity contribution in [2.75, 3.05) is 5.32 Å². The van der Waals surface area contributed by atoms with Gasteiger partial charge in [-0.05, 0) is 18.6 Å². The van der Waals surface area contributed by atoms with Crippen LogP contribution in [-0.2, 0) is 22.6 Å².